The number of halogens is 1. The van der Waals surface area contributed by atoms with Crippen LogP contribution < -0.4 is 5.32 Å². The van der Waals surface area contributed by atoms with Crippen molar-refractivity contribution in [3.63, 3.8) is 0 Å². The zero-order valence-electron chi connectivity index (χ0n) is 11.8. The molecule has 0 fully saturated rings. The number of likely N-dealkylation sites (N-methyl/N-ethyl adjacent to an activating group) is 1. The lowest BCUT2D eigenvalue weighted by molar-refractivity contribution is 0.557. The number of benzene rings is 1. The summed E-state index contributed by atoms with van der Waals surface area (Å²) >= 11 is 0. The minimum Gasteiger partial charge on any atom is -0.313 e. The van der Waals surface area contributed by atoms with Crippen molar-refractivity contribution in [2.24, 2.45) is 0 Å². The first-order valence-electron chi connectivity index (χ1n) is 7.40. The van der Waals surface area contributed by atoms with E-state index in [-0.39, 0.29) is 5.82 Å². The monoisotopic (exact) mass is 261 g/mol. The average Bonchev–Trinajstić information content (AvgIpc) is 2.38. The molecule has 0 amide bonds. The Kier molecular flexibility index (Phi) is 5.59. The predicted molar refractivity (Wildman–Crippen MR) is 78.7 cm³/mol. The maximum atomic E-state index is 12.9. The van der Waals surface area contributed by atoms with E-state index in [1.165, 1.54) is 49.7 Å². The fourth-order valence-electron chi connectivity index (χ4n) is 2.81. The molecule has 0 heterocycles. The molecular weight excluding hydrogens is 237 g/mol. The summed E-state index contributed by atoms with van der Waals surface area (Å²) in [5.74, 6) is -0.157. The number of rotatable bonds is 4. The molecule has 0 aromatic heterocycles. The molecule has 1 atom stereocenters. The molecule has 0 bridgehead atoms. The van der Waals surface area contributed by atoms with E-state index in [2.05, 4.69) is 11.4 Å². The van der Waals surface area contributed by atoms with Gasteiger partial charge in [-0.3, -0.25) is 0 Å². The molecule has 1 aliphatic carbocycles. The van der Waals surface area contributed by atoms with E-state index in [0.29, 0.717) is 6.04 Å². The van der Waals surface area contributed by atoms with Crippen molar-refractivity contribution in [2.45, 2.75) is 51.0 Å². The number of hydrogen-bond acceptors (Lipinski definition) is 1. The Hall–Kier alpha value is -1.15. The molecule has 1 N–H and O–H groups in total. The molecule has 0 saturated carbocycles. The van der Waals surface area contributed by atoms with Gasteiger partial charge in [0.1, 0.15) is 5.82 Å². The summed E-state index contributed by atoms with van der Waals surface area (Å²) in [4.78, 5) is 0. The minimum absolute atomic E-state index is 0.157. The molecule has 19 heavy (non-hydrogen) atoms. The van der Waals surface area contributed by atoms with Gasteiger partial charge < -0.3 is 5.32 Å². The van der Waals surface area contributed by atoms with Crippen LogP contribution in [0.3, 0.4) is 0 Å². The molecule has 1 nitrogen and oxygen atoms in total. The molecule has 0 radical (unpaired) electrons. The second-order valence-electron chi connectivity index (χ2n) is 5.40. The van der Waals surface area contributed by atoms with E-state index in [0.717, 1.165) is 6.42 Å². The minimum atomic E-state index is -0.157. The summed E-state index contributed by atoms with van der Waals surface area (Å²) in [5, 5.41) is 3.42. The maximum absolute atomic E-state index is 12.9. The fourth-order valence-corrected chi connectivity index (χ4v) is 2.81. The van der Waals surface area contributed by atoms with Crippen LogP contribution in [0, 0.1) is 5.82 Å². The van der Waals surface area contributed by atoms with Crippen LogP contribution in [0.15, 0.2) is 35.9 Å². The summed E-state index contributed by atoms with van der Waals surface area (Å²) in [6, 6.07) is 7.28. The van der Waals surface area contributed by atoms with Crippen LogP contribution in [0.2, 0.25) is 0 Å². The summed E-state index contributed by atoms with van der Waals surface area (Å²) < 4.78 is 12.9. The van der Waals surface area contributed by atoms with E-state index >= 15 is 0 Å². The molecule has 2 heteroatoms. The first-order chi connectivity index (χ1) is 9.29. The molecule has 2 rings (SSSR count). The zero-order chi connectivity index (χ0) is 13.5. The number of hydrogen-bond donors (Lipinski definition) is 1. The largest absolute Gasteiger partial charge is 0.313 e. The Bertz CT molecular complexity index is 408. The molecule has 0 saturated heterocycles. The van der Waals surface area contributed by atoms with Gasteiger partial charge in [-0.15, -0.1) is 0 Å². The molecule has 0 aliphatic heterocycles. The standard InChI is InChI=1S/C17H24FN/c1-19-17(13-14-9-11-16(18)12-10-14)15-7-5-3-2-4-6-8-15/h7,9-12,17,19H,2-6,8,13H2,1H3/b15-7+. The van der Waals surface area contributed by atoms with Gasteiger partial charge in [0.15, 0.2) is 0 Å². The van der Waals surface area contributed by atoms with E-state index in [9.17, 15) is 4.39 Å². The Morgan fingerprint density at radius 3 is 2.58 bits per heavy atom. The third-order valence-corrected chi connectivity index (χ3v) is 3.98. The van der Waals surface area contributed by atoms with E-state index < -0.39 is 0 Å². The topological polar surface area (TPSA) is 12.0 Å². The van der Waals surface area contributed by atoms with Crippen molar-refractivity contribution < 1.29 is 4.39 Å². The third kappa shape index (κ3) is 4.46. The van der Waals surface area contributed by atoms with Crippen molar-refractivity contribution in [1.29, 1.82) is 0 Å². The lowest BCUT2D eigenvalue weighted by Gasteiger charge is -2.22. The smallest absolute Gasteiger partial charge is 0.123 e. The van der Waals surface area contributed by atoms with E-state index in [1.807, 2.05) is 19.2 Å². The van der Waals surface area contributed by atoms with Gasteiger partial charge in [0.2, 0.25) is 0 Å². The predicted octanol–water partition coefficient (Wildman–Crippen LogP) is 4.24. The highest BCUT2D eigenvalue weighted by Crippen LogP contribution is 2.21. The van der Waals surface area contributed by atoms with Gasteiger partial charge in [0, 0.05) is 6.04 Å². The molecule has 1 aromatic rings. The van der Waals surface area contributed by atoms with Crippen LogP contribution >= 0.6 is 0 Å². The molecule has 1 aliphatic rings. The van der Waals surface area contributed by atoms with Crippen molar-refractivity contribution in [3.8, 4) is 0 Å². The van der Waals surface area contributed by atoms with Crippen LogP contribution in [0.4, 0.5) is 4.39 Å². The van der Waals surface area contributed by atoms with Crippen LogP contribution in [0.5, 0.6) is 0 Å². The van der Waals surface area contributed by atoms with Gasteiger partial charge in [-0.25, -0.2) is 4.39 Å². The first-order valence-corrected chi connectivity index (χ1v) is 7.40. The SMILES string of the molecule is CNC(Cc1ccc(F)cc1)/C1=C/CCCCCC1. The first kappa shape index (κ1) is 14.3. The fraction of sp³-hybridized carbons (Fsp3) is 0.529. The van der Waals surface area contributed by atoms with Gasteiger partial charge in [-0.1, -0.05) is 36.6 Å². The van der Waals surface area contributed by atoms with Crippen molar-refractivity contribution in [3.05, 3.63) is 47.3 Å². The van der Waals surface area contributed by atoms with Gasteiger partial charge >= 0.3 is 0 Å². The summed E-state index contributed by atoms with van der Waals surface area (Å²) in [5.41, 5.74) is 2.73. The van der Waals surface area contributed by atoms with E-state index in [1.54, 1.807) is 12.1 Å². The van der Waals surface area contributed by atoms with Gasteiger partial charge in [-0.05, 0) is 56.8 Å². The Morgan fingerprint density at radius 1 is 1.11 bits per heavy atom. The van der Waals surface area contributed by atoms with Gasteiger partial charge in [0.25, 0.3) is 0 Å². The zero-order valence-corrected chi connectivity index (χ0v) is 11.8. The second-order valence-corrected chi connectivity index (χ2v) is 5.40. The highest BCUT2D eigenvalue weighted by Gasteiger charge is 2.14. The summed E-state index contributed by atoms with van der Waals surface area (Å²) in [7, 11) is 2.02. The molecule has 0 spiro atoms. The van der Waals surface area contributed by atoms with Crippen molar-refractivity contribution in [1.82, 2.24) is 5.32 Å². The van der Waals surface area contributed by atoms with Crippen molar-refractivity contribution in [2.75, 3.05) is 7.05 Å². The molecule has 1 aromatic carbocycles. The average molecular weight is 261 g/mol. The second kappa shape index (κ2) is 7.44. The van der Waals surface area contributed by atoms with Crippen molar-refractivity contribution >= 4 is 0 Å². The highest BCUT2D eigenvalue weighted by atomic mass is 19.1. The van der Waals surface area contributed by atoms with Crippen LogP contribution in [-0.4, -0.2) is 13.1 Å². The van der Waals surface area contributed by atoms with Crippen LogP contribution in [0.25, 0.3) is 0 Å². The summed E-state index contributed by atoms with van der Waals surface area (Å²) in [6.07, 6.45) is 11.1. The lowest BCUT2D eigenvalue weighted by Crippen LogP contribution is -2.30. The normalized spacial score (nSPS) is 21.1. The maximum Gasteiger partial charge on any atom is 0.123 e. The summed E-state index contributed by atoms with van der Waals surface area (Å²) in [6.45, 7) is 0. The molecular formula is C17H24FN. The Morgan fingerprint density at radius 2 is 1.84 bits per heavy atom. The van der Waals surface area contributed by atoms with Crippen LogP contribution in [0.1, 0.15) is 44.1 Å². The van der Waals surface area contributed by atoms with Gasteiger partial charge in [-0.2, -0.15) is 0 Å². The third-order valence-electron chi connectivity index (χ3n) is 3.98. The van der Waals surface area contributed by atoms with Gasteiger partial charge in [0.05, 0.1) is 0 Å². The molecule has 104 valence electrons. The van der Waals surface area contributed by atoms with Crippen LogP contribution in [-0.2, 0) is 6.42 Å². The Balaban J connectivity index is 2.03. The molecule has 1 unspecified atom stereocenters. The number of nitrogens with one attached hydrogen (secondary N) is 1. The Labute approximate surface area is 115 Å². The lowest BCUT2D eigenvalue weighted by atomic mass is 9.91. The highest BCUT2D eigenvalue weighted by molar-refractivity contribution is 5.22. The van der Waals surface area contributed by atoms with E-state index in [4.69, 9.17) is 0 Å². The quantitative estimate of drug-likeness (QED) is 0.799. The number of allylic oxidation sites excluding steroid dienone is 1.